The monoisotopic (exact) mass is 294 g/mol. The summed E-state index contributed by atoms with van der Waals surface area (Å²) in [7, 11) is 0. The van der Waals surface area contributed by atoms with Crippen molar-refractivity contribution in [2.75, 3.05) is 6.61 Å². The van der Waals surface area contributed by atoms with Crippen LogP contribution >= 0.6 is 0 Å². The van der Waals surface area contributed by atoms with Crippen molar-refractivity contribution < 1.29 is 5.11 Å². The summed E-state index contributed by atoms with van der Waals surface area (Å²) in [5.41, 5.74) is 5.66. The van der Waals surface area contributed by atoms with E-state index < -0.39 is 0 Å². The average molecular weight is 294 g/mol. The van der Waals surface area contributed by atoms with Crippen LogP contribution in [0.15, 0.2) is 46.6 Å². The molecule has 0 aromatic carbocycles. The highest BCUT2D eigenvalue weighted by molar-refractivity contribution is 5.07. The SMILES string of the molecule is CC(C)=CCC/C(C)=C/CC/C(C)=C/C[13CH2]/[13C](C)=[13CH]/[13CH2]O. The third-order valence-corrected chi connectivity index (χ3v) is 3.59. The third-order valence-electron chi connectivity index (χ3n) is 3.59. The fourth-order valence-electron chi connectivity index (χ4n) is 2.14. The van der Waals surface area contributed by atoms with Gasteiger partial charge in [-0.2, -0.15) is 0 Å². The first-order chi connectivity index (χ1) is 9.95. The Bertz CT molecular complexity index is 390. The van der Waals surface area contributed by atoms with Gasteiger partial charge in [0.2, 0.25) is 0 Å². The summed E-state index contributed by atoms with van der Waals surface area (Å²) in [6.45, 7) is 11.0. The van der Waals surface area contributed by atoms with Crippen LogP contribution < -0.4 is 0 Å². The molecular weight excluding hydrogens is 260 g/mol. The van der Waals surface area contributed by atoms with E-state index in [1.807, 2.05) is 6.08 Å². The predicted molar refractivity (Wildman–Crippen MR) is 95.5 cm³/mol. The highest BCUT2D eigenvalue weighted by Crippen LogP contribution is 2.13. The smallest absolute Gasteiger partial charge is 0.0614 e. The number of hydrogen-bond donors (Lipinski definition) is 1. The molecule has 0 atom stereocenters. The molecule has 0 fully saturated rings. The van der Waals surface area contributed by atoms with Gasteiger partial charge in [-0.3, -0.25) is 0 Å². The molecule has 0 unspecified atom stereocenters. The number of rotatable bonds is 10. The van der Waals surface area contributed by atoms with E-state index in [0.29, 0.717) is 0 Å². The Labute approximate surface area is 132 Å². The Morgan fingerprint density at radius 3 is 1.38 bits per heavy atom. The van der Waals surface area contributed by atoms with Gasteiger partial charge in [-0.25, -0.2) is 0 Å². The van der Waals surface area contributed by atoms with Crippen LogP contribution in [0.2, 0.25) is 0 Å². The molecular formula is C20H34O. The molecule has 0 spiro atoms. The Balaban J connectivity index is 3.93. The molecule has 120 valence electrons. The lowest BCUT2D eigenvalue weighted by atomic mass is 10.1. The number of allylic oxidation sites excluding steroid dienone is 7. The maximum atomic E-state index is 8.80. The quantitative estimate of drug-likeness (QED) is 0.380. The Kier molecular flexibility index (Phi) is 12.0. The minimum Gasteiger partial charge on any atom is -0.392 e. The first-order valence-electron chi connectivity index (χ1n) is 8.16. The second-order valence-corrected chi connectivity index (χ2v) is 6.23. The van der Waals surface area contributed by atoms with E-state index in [1.165, 1.54) is 28.7 Å². The molecule has 0 aromatic rings. The van der Waals surface area contributed by atoms with E-state index >= 15 is 0 Å². The van der Waals surface area contributed by atoms with Gasteiger partial charge in [-0.15, -0.1) is 0 Å². The van der Waals surface area contributed by atoms with Crippen molar-refractivity contribution in [2.24, 2.45) is 0 Å². The van der Waals surface area contributed by atoms with Crippen molar-refractivity contribution in [1.29, 1.82) is 0 Å². The Hall–Kier alpha value is -1.08. The van der Waals surface area contributed by atoms with Crippen molar-refractivity contribution in [3.63, 3.8) is 0 Å². The van der Waals surface area contributed by atoms with Crippen LogP contribution in [0, 0.1) is 0 Å². The van der Waals surface area contributed by atoms with Gasteiger partial charge in [0.15, 0.2) is 0 Å². The molecule has 0 aliphatic heterocycles. The van der Waals surface area contributed by atoms with E-state index in [1.54, 1.807) is 0 Å². The molecule has 0 rings (SSSR count). The first kappa shape index (κ1) is 19.9. The van der Waals surface area contributed by atoms with Crippen LogP contribution in [0.1, 0.15) is 73.1 Å². The lowest BCUT2D eigenvalue weighted by molar-refractivity contribution is 0.341. The zero-order valence-electron chi connectivity index (χ0n) is 14.7. The van der Waals surface area contributed by atoms with Crippen LogP contribution in [-0.2, 0) is 0 Å². The number of aliphatic hydroxyl groups is 1. The highest BCUT2D eigenvalue weighted by atomic mass is 16.3. The van der Waals surface area contributed by atoms with E-state index in [2.05, 4.69) is 52.8 Å². The topological polar surface area (TPSA) is 20.2 Å². The van der Waals surface area contributed by atoms with Gasteiger partial charge in [-0.1, -0.05) is 46.6 Å². The van der Waals surface area contributed by atoms with Gasteiger partial charge in [0.05, 0.1) is 6.61 Å². The second-order valence-electron chi connectivity index (χ2n) is 6.23. The normalized spacial score (nSPS) is 13.5. The zero-order chi connectivity index (χ0) is 16.1. The van der Waals surface area contributed by atoms with Gasteiger partial charge in [0, 0.05) is 0 Å². The van der Waals surface area contributed by atoms with E-state index in [9.17, 15) is 0 Å². The van der Waals surface area contributed by atoms with Crippen LogP contribution in [0.5, 0.6) is 0 Å². The maximum absolute atomic E-state index is 8.80. The molecule has 21 heavy (non-hydrogen) atoms. The molecule has 0 aliphatic rings. The summed E-state index contributed by atoms with van der Waals surface area (Å²) >= 11 is 0. The Morgan fingerprint density at radius 2 is 1.00 bits per heavy atom. The van der Waals surface area contributed by atoms with Crippen LogP contribution in [-0.4, -0.2) is 11.7 Å². The third kappa shape index (κ3) is 13.7. The summed E-state index contributed by atoms with van der Waals surface area (Å²) in [4.78, 5) is 0. The molecule has 1 nitrogen and oxygen atoms in total. The van der Waals surface area contributed by atoms with Gasteiger partial charge in [0.25, 0.3) is 0 Å². The maximum Gasteiger partial charge on any atom is 0.0614 e. The predicted octanol–water partition coefficient (Wildman–Crippen LogP) is 6.12. The van der Waals surface area contributed by atoms with Crippen molar-refractivity contribution in [1.82, 2.24) is 0 Å². The standard InChI is InChI=1S/C20H34O/c1-17(2)9-6-10-18(3)11-7-12-19(4)13-8-14-20(5)15-16-21/h9,11,13,15,21H,6-8,10,12,14,16H2,1-5H3/b18-11+,19-13+,20-15+/i14+1,15+1,16+1,20+1. The van der Waals surface area contributed by atoms with Gasteiger partial charge >= 0.3 is 0 Å². The zero-order valence-corrected chi connectivity index (χ0v) is 14.7. The summed E-state index contributed by atoms with van der Waals surface area (Å²) < 4.78 is 0. The second kappa shape index (κ2) is 12.6. The Morgan fingerprint density at radius 1 is 0.619 bits per heavy atom. The summed E-state index contributed by atoms with van der Waals surface area (Å²) in [5.74, 6) is 0. The molecule has 0 heterocycles. The van der Waals surface area contributed by atoms with Crippen molar-refractivity contribution in [3.8, 4) is 0 Å². The summed E-state index contributed by atoms with van der Waals surface area (Å²) in [6.07, 6.45) is 15.7. The van der Waals surface area contributed by atoms with Crippen molar-refractivity contribution in [3.05, 3.63) is 46.6 Å². The lowest BCUT2D eigenvalue weighted by Gasteiger charge is -2.02. The number of aliphatic hydroxyl groups excluding tert-OH is 1. The fraction of sp³-hybridized carbons (Fsp3) is 0.600. The van der Waals surface area contributed by atoms with E-state index in [-0.39, 0.29) is 6.61 Å². The van der Waals surface area contributed by atoms with E-state index in [0.717, 1.165) is 32.1 Å². The lowest BCUT2D eigenvalue weighted by Crippen LogP contribution is -1.83. The largest absolute Gasteiger partial charge is 0.392 e. The molecule has 0 saturated carbocycles. The molecule has 0 radical (unpaired) electrons. The van der Waals surface area contributed by atoms with Gasteiger partial charge < -0.3 is 5.11 Å². The van der Waals surface area contributed by atoms with Crippen molar-refractivity contribution >= 4 is 0 Å². The molecule has 0 amide bonds. The molecule has 0 saturated heterocycles. The van der Waals surface area contributed by atoms with Crippen LogP contribution in [0.4, 0.5) is 0 Å². The van der Waals surface area contributed by atoms with Crippen LogP contribution in [0.25, 0.3) is 0 Å². The minimum atomic E-state index is 0.158. The van der Waals surface area contributed by atoms with Crippen molar-refractivity contribution in [2.45, 2.75) is 73.1 Å². The molecule has 0 aliphatic carbocycles. The molecule has 1 heteroatoms. The summed E-state index contributed by atoms with van der Waals surface area (Å²) in [6, 6.07) is 0. The summed E-state index contributed by atoms with van der Waals surface area (Å²) in [5, 5.41) is 8.80. The molecule has 0 aromatic heterocycles. The molecule has 0 bridgehead atoms. The molecule has 1 N–H and O–H groups in total. The highest BCUT2D eigenvalue weighted by Gasteiger charge is 1.93. The average Bonchev–Trinajstić information content (AvgIpc) is 2.38. The van der Waals surface area contributed by atoms with Gasteiger partial charge in [0.1, 0.15) is 0 Å². The van der Waals surface area contributed by atoms with Crippen LogP contribution in [0.3, 0.4) is 0 Å². The number of hydrogen-bond acceptors (Lipinski definition) is 1. The minimum absolute atomic E-state index is 0.158. The van der Waals surface area contributed by atoms with Gasteiger partial charge in [-0.05, 0) is 73.1 Å². The first-order valence-corrected chi connectivity index (χ1v) is 8.16. The fourth-order valence-corrected chi connectivity index (χ4v) is 2.14. The van der Waals surface area contributed by atoms with E-state index in [4.69, 9.17) is 5.11 Å².